The molecule has 1 fully saturated rings. The van der Waals surface area contributed by atoms with Gasteiger partial charge in [0.25, 0.3) is 5.91 Å². The van der Waals surface area contributed by atoms with Crippen molar-refractivity contribution in [3.63, 3.8) is 0 Å². The van der Waals surface area contributed by atoms with Crippen molar-refractivity contribution >= 4 is 17.1 Å². The molecule has 3 heterocycles. The van der Waals surface area contributed by atoms with Gasteiger partial charge in [-0.15, -0.1) is 0 Å². The number of amides is 1. The van der Waals surface area contributed by atoms with Crippen LogP contribution < -0.4 is 10.6 Å². The van der Waals surface area contributed by atoms with Crippen molar-refractivity contribution in [2.75, 3.05) is 11.9 Å². The van der Waals surface area contributed by atoms with Crippen LogP contribution >= 0.6 is 0 Å². The normalized spacial score (nSPS) is 19.2. The number of aliphatic hydroxyl groups excluding tert-OH is 1. The summed E-state index contributed by atoms with van der Waals surface area (Å²) in [5.41, 5.74) is 1.65. The zero-order valence-electron chi connectivity index (χ0n) is 19.7. The number of carbonyl (C=O) groups excluding carboxylic acids is 1. The third kappa shape index (κ3) is 5.58. The summed E-state index contributed by atoms with van der Waals surface area (Å²) in [6.07, 6.45) is 3.79. The Kier molecular flexibility index (Phi) is 7.00. The van der Waals surface area contributed by atoms with Gasteiger partial charge in [0, 0.05) is 12.2 Å². The van der Waals surface area contributed by atoms with Crippen molar-refractivity contribution in [3.8, 4) is 17.5 Å². The number of alkyl halides is 1. The Morgan fingerprint density at radius 3 is 2.71 bits per heavy atom. The number of nitriles is 1. The lowest BCUT2D eigenvalue weighted by molar-refractivity contribution is -0.00177. The molecule has 0 aromatic carbocycles. The molecule has 0 radical (unpaired) electrons. The summed E-state index contributed by atoms with van der Waals surface area (Å²) in [4.78, 5) is 17.4. The second kappa shape index (κ2) is 9.98. The van der Waals surface area contributed by atoms with E-state index < -0.39 is 17.7 Å². The summed E-state index contributed by atoms with van der Waals surface area (Å²) in [5.74, 6) is -0.508. The van der Waals surface area contributed by atoms with E-state index in [-0.39, 0.29) is 24.3 Å². The quantitative estimate of drug-likeness (QED) is 0.408. The van der Waals surface area contributed by atoms with Gasteiger partial charge >= 0.3 is 0 Å². The molecule has 3 aromatic heterocycles. The van der Waals surface area contributed by atoms with E-state index in [2.05, 4.69) is 26.8 Å². The van der Waals surface area contributed by atoms with E-state index in [1.165, 1.54) is 26.2 Å². The Hall–Kier alpha value is -3.55. The topological polar surface area (TPSA) is 136 Å². The summed E-state index contributed by atoms with van der Waals surface area (Å²) < 4.78 is 15.9. The summed E-state index contributed by atoms with van der Waals surface area (Å²) in [6.45, 7) is 2.36. The lowest BCUT2D eigenvalue weighted by Gasteiger charge is -2.28. The predicted octanol–water partition coefficient (Wildman–Crippen LogP) is 2.82. The highest BCUT2D eigenvalue weighted by Gasteiger charge is 2.28. The highest BCUT2D eigenvalue weighted by atomic mass is 19.1. The number of carbonyl (C=O) groups is 1. The van der Waals surface area contributed by atoms with Crippen molar-refractivity contribution in [2.45, 2.75) is 63.4 Å². The third-order valence-electron chi connectivity index (χ3n) is 6.31. The van der Waals surface area contributed by atoms with E-state index in [0.717, 1.165) is 18.4 Å². The Morgan fingerprint density at radius 1 is 1.29 bits per heavy atom. The summed E-state index contributed by atoms with van der Waals surface area (Å²) in [5, 5.41) is 39.1. The van der Waals surface area contributed by atoms with Gasteiger partial charge in [0.05, 0.1) is 58.2 Å². The molecule has 10 heteroatoms. The van der Waals surface area contributed by atoms with Gasteiger partial charge in [0.1, 0.15) is 12.2 Å². The number of hydrogen-bond acceptors (Lipinski definition) is 7. The smallest absolute Gasteiger partial charge is 0.255 e. The first-order chi connectivity index (χ1) is 16.7. The maximum atomic E-state index is 14.2. The molecule has 0 aliphatic heterocycles. The molecule has 0 spiro atoms. The SMILES string of the molecule is CC(C)(O)[C@H](F)CNC(=O)c1cnc(-c2ccc3cc(C#N)cnn23)cc1N[C@H]1CC[C@H](O)CC1. The fourth-order valence-electron chi connectivity index (χ4n) is 4.12. The van der Waals surface area contributed by atoms with Crippen LogP contribution in [0.4, 0.5) is 10.1 Å². The van der Waals surface area contributed by atoms with Crippen LogP contribution in [0, 0.1) is 11.3 Å². The first kappa shape index (κ1) is 24.6. The molecule has 1 atom stereocenters. The van der Waals surface area contributed by atoms with Gasteiger partial charge in [-0.05, 0) is 63.8 Å². The molecule has 0 bridgehead atoms. The monoisotopic (exact) mass is 480 g/mol. The maximum absolute atomic E-state index is 14.2. The fraction of sp³-hybridized carbons (Fsp3) is 0.440. The number of fused-ring (bicyclic) bond motifs is 1. The predicted molar refractivity (Wildman–Crippen MR) is 129 cm³/mol. The largest absolute Gasteiger partial charge is 0.393 e. The molecule has 1 amide bonds. The molecule has 4 rings (SSSR count). The number of anilines is 1. The van der Waals surface area contributed by atoms with Crippen molar-refractivity contribution in [1.29, 1.82) is 5.26 Å². The Balaban J connectivity index is 1.65. The van der Waals surface area contributed by atoms with Gasteiger partial charge in [0.15, 0.2) is 0 Å². The molecular weight excluding hydrogens is 451 g/mol. The average molecular weight is 481 g/mol. The van der Waals surface area contributed by atoms with Gasteiger partial charge in [-0.3, -0.25) is 9.78 Å². The summed E-state index contributed by atoms with van der Waals surface area (Å²) >= 11 is 0. The van der Waals surface area contributed by atoms with Crippen LogP contribution in [0.3, 0.4) is 0 Å². The molecule has 0 saturated heterocycles. The summed E-state index contributed by atoms with van der Waals surface area (Å²) in [6, 6.07) is 9.28. The molecule has 4 N–H and O–H groups in total. The first-order valence-corrected chi connectivity index (χ1v) is 11.6. The van der Waals surface area contributed by atoms with Crippen LogP contribution in [0.25, 0.3) is 16.9 Å². The second-order valence-corrected chi connectivity index (χ2v) is 9.51. The van der Waals surface area contributed by atoms with Gasteiger partial charge in [0.2, 0.25) is 0 Å². The minimum Gasteiger partial charge on any atom is -0.393 e. The second-order valence-electron chi connectivity index (χ2n) is 9.51. The van der Waals surface area contributed by atoms with Gasteiger partial charge in [-0.1, -0.05) is 0 Å². The first-order valence-electron chi connectivity index (χ1n) is 11.6. The molecule has 1 aliphatic rings. The summed E-state index contributed by atoms with van der Waals surface area (Å²) in [7, 11) is 0. The number of nitrogens with one attached hydrogen (secondary N) is 2. The molecule has 9 nitrogen and oxygen atoms in total. The minimum absolute atomic E-state index is 0.0610. The molecule has 0 unspecified atom stereocenters. The van der Waals surface area contributed by atoms with E-state index in [9.17, 15) is 19.4 Å². The number of nitrogens with zero attached hydrogens (tertiary/aromatic N) is 4. The lowest BCUT2D eigenvalue weighted by Crippen LogP contribution is -2.42. The van der Waals surface area contributed by atoms with E-state index in [1.807, 2.05) is 12.1 Å². The van der Waals surface area contributed by atoms with Gasteiger partial charge < -0.3 is 20.8 Å². The standard InChI is InChI=1S/C25H29FN6O3/c1-25(2,35)23(26)14-29-24(34)19-13-28-21(10-20(19)31-16-3-6-18(33)7-4-16)22-8-5-17-9-15(11-27)12-30-32(17)22/h5,8-10,12-13,16,18,23,33,35H,3-4,6-7,14H2,1-2H3,(H,28,31)(H,29,34)/t16-,18-,23-/m1/s1. The zero-order valence-corrected chi connectivity index (χ0v) is 19.7. The van der Waals surface area contributed by atoms with Crippen LogP contribution in [0.5, 0.6) is 0 Å². The molecule has 184 valence electrons. The van der Waals surface area contributed by atoms with Crippen LogP contribution in [0.2, 0.25) is 0 Å². The van der Waals surface area contributed by atoms with Crippen LogP contribution in [0.1, 0.15) is 55.5 Å². The van der Waals surface area contributed by atoms with Crippen LogP contribution in [-0.4, -0.2) is 61.2 Å². The van der Waals surface area contributed by atoms with E-state index in [4.69, 9.17) is 5.26 Å². The molecule has 1 saturated carbocycles. The van der Waals surface area contributed by atoms with Crippen LogP contribution in [0.15, 0.2) is 36.7 Å². The lowest BCUT2D eigenvalue weighted by atomic mass is 9.93. The number of hydrogen-bond donors (Lipinski definition) is 4. The van der Waals surface area contributed by atoms with E-state index >= 15 is 0 Å². The minimum atomic E-state index is -1.63. The average Bonchev–Trinajstić information content (AvgIpc) is 3.26. The number of halogens is 1. The third-order valence-corrected chi connectivity index (χ3v) is 6.31. The Bertz CT molecular complexity index is 1250. The maximum Gasteiger partial charge on any atom is 0.255 e. The molecule has 3 aromatic rings. The fourth-order valence-corrected chi connectivity index (χ4v) is 4.12. The van der Waals surface area contributed by atoms with Crippen molar-refractivity contribution < 1.29 is 19.4 Å². The Morgan fingerprint density at radius 2 is 2.03 bits per heavy atom. The molecule has 35 heavy (non-hydrogen) atoms. The van der Waals surface area contributed by atoms with Gasteiger partial charge in [-0.2, -0.15) is 10.4 Å². The van der Waals surface area contributed by atoms with Crippen molar-refractivity contribution in [3.05, 3.63) is 47.8 Å². The molecular formula is C25H29FN6O3. The highest BCUT2D eigenvalue weighted by molar-refractivity contribution is 6.00. The zero-order chi connectivity index (χ0) is 25.2. The van der Waals surface area contributed by atoms with Gasteiger partial charge in [-0.25, -0.2) is 8.91 Å². The Labute approximate surface area is 202 Å². The van der Waals surface area contributed by atoms with Crippen LogP contribution in [-0.2, 0) is 0 Å². The van der Waals surface area contributed by atoms with Crippen molar-refractivity contribution in [2.24, 2.45) is 0 Å². The van der Waals surface area contributed by atoms with E-state index in [1.54, 1.807) is 16.6 Å². The molecule has 1 aliphatic carbocycles. The number of aliphatic hydroxyl groups is 2. The number of aromatic nitrogens is 3. The van der Waals surface area contributed by atoms with E-state index in [0.29, 0.717) is 35.5 Å². The number of rotatable bonds is 7. The number of pyridine rings is 1. The highest BCUT2D eigenvalue weighted by Crippen LogP contribution is 2.28. The van der Waals surface area contributed by atoms with Crippen molar-refractivity contribution in [1.82, 2.24) is 19.9 Å².